The van der Waals surface area contributed by atoms with Crippen molar-refractivity contribution in [2.24, 2.45) is 0 Å². The van der Waals surface area contributed by atoms with E-state index in [2.05, 4.69) is 43.4 Å². The molecule has 1 aromatic rings. The number of hydrogen-bond donors (Lipinski definition) is 1. The van der Waals surface area contributed by atoms with Gasteiger partial charge in [0.05, 0.1) is 0 Å². The third-order valence-corrected chi connectivity index (χ3v) is 4.29. The highest BCUT2D eigenvalue weighted by molar-refractivity contribution is 8.00. The molecule has 0 amide bonds. The summed E-state index contributed by atoms with van der Waals surface area (Å²) in [5.74, 6) is 0. The van der Waals surface area contributed by atoms with Crippen molar-refractivity contribution in [2.75, 3.05) is 6.54 Å². The summed E-state index contributed by atoms with van der Waals surface area (Å²) in [6, 6.07) is 9.36. The van der Waals surface area contributed by atoms with Gasteiger partial charge in [0.1, 0.15) is 0 Å². The van der Waals surface area contributed by atoms with Gasteiger partial charge in [0.15, 0.2) is 0 Å². The van der Waals surface area contributed by atoms with Gasteiger partial charge in [-0.1, -0.05) is 25.1 Å². The molecule has 2 rings (SSSR count). The number of rotatable bonds is 3. The molecule has 1 heterocycles. The van der Waals surface area contributed by atoms with Gasteiger partial charge < -0.3 is 5.32 Å². The predicted octanol–water partition coefficient (Wildman–Crippen LogP) is 2.70. The summed E-state index contributed by atoms with van der Waals surface area (Å²) in [4.78, 5) is 1.47. The Bertz CT molecular complexity index is 286. The molecule has 76 valence electrons. The Morgan fingerprint density at radius 1 is 1.50 bits per heavy atom. The van der Waals surface area contributed by atoms with Crippen molar-refractivity contribution in [1.82, 2.24) is 5.32 Å². The van der Waals surface area contributed by atoms with E-state index in [-0.39, 0.29) is 0 Å². The Labute approximate surface area is 90.3 Å². The van der Waals surface area contributed by atoms with Crippen molar-refractivity contribution >= 4 is 11.8 Å². The van der Waals surface area contributed by atoms with Gasteiger partial charge in [0, 0.05) is 16.2 Å². The van der Waals surface area contributed by atoms with Gasteiger partial charge in [0.2, 0.25) is 0 Å². The first-order valence-electron chi connectivity index (χ1n) is 5.29. The summed E-state index contributed by atoms with van der Waals surface area (Å²) in [5, 5.41) is 4.22. The standard InChI is InChI=1S/C12H17NS/c1-3-13-9(2)12-8-10-6-4-5-7-11(10)14-12/h4-7,9,12-13H,3,8H2,1-2H3. The molecule has 0 fully saturated rings. The normalized spacial score (nSPS) is 22.0. The van der Waals surface area contributed by atoms with Crippen LogP contribution in [0.2, 0.25) is 0 Å². The average molecular weight is 207 g/mol. The van der Waals surface area contributed by atoms with Gasteiger partial charge in [0.25, 0.3) is 0 Å². The first-order valence-corrected chi connectivity index (χ1v) is 6.17. The van der Waals surface area contributed by atoms with Crippen LogP contribution < -0.4 is 5.32 Å². The lowest BCUT2D eigenvalue weighted by molar-refractivity contribution is 0.547. The summed E-state index contributed by atoms with van der Waals surface area (Å²) >= 11 is 2.02. The molecule has 2 unspecified atom stereocenters. The number of nitrogens with one attached hydrogen (secondary N) is 1. The SMILES string of the molecule is CCNC(C)C1Cc2ccccc2S1. The first kappa shape index (κ1) is 10.1. The largest absolute Gasteiger partial charge is 0.313 e. The fourth-order valence-electron chi connectivity index (χ4n) is 1.94. The Hall–Kier alpha value is -0.470. The number of fused-ring (bicyclic) bond motifs is 1. The van der Waals surface area contributed by atoms with Crippen LogP contribution in [0.4, 0.5) is 0 Å². The molecule has 14 heavy (non-hydrogen) atoms. The lowest BCUT2D eigenvalue weighted by Crippen LogP contribution is -2.35. The minimum atomic E-state index is 0.609. The highest BCUT2D eigenvalue weighted by atomic mass is 32.2. The van der Waals surface area contributed by atoms with E-state index in [0.717, 1.165) is 6.54 Å². The van der Waals surface area contributed by atoms with Crippen molar-refractivity contribution in [3.05, 3.63) is 29.8 Å². The molecule has 0 saturated heterocycles. The number of benzene rings is 1. The molecule has 1 nitrogen and oxygen atoms in total. The van der Waals surface area contributed by atoms with Gasteiger partial charge in [-0.2, -0.15) is 0 Å². The van der Waals surface area contributed by atoms with Crippen LogP contribution in [0.15, 0.2) is 29.2 Å². The topological polar surface area (TPSA) is 12.0 Å². The van der Waals surface area contributed by atoms with Crippen LogP contribution in [-0.4, -0.2) is 17.8 Å². The Balaban J connectivity index is 2.04. The van der Waals surface area contributed by atoms with Crippen LogP contribution >= 0.6 is 11.8 Å². The molecule has 1 N–H and O–H groups in total. The predicted molar refractivity (Wildman–Crippen MR) is 62.9 cm³/mol. The van der Waals surface area contributed by atoms with Crippen molar-refractivity contribution in [2.45, 2.75) is 36.5 Å². The molecule has 0 aromatic heterocycles. The van der Waals surface area contributed by atoms with Crippen molar-refractivity contribution in [1.29, 1.82) is 0 Å². The van der Waals surface area contributed by atoms with Gasteiger partial charge in [-0.3, -0.25) is 0 Å². The summed E-state index contributed by atoms with van der Waals surface area (Å²) < 4.78 is 0. The smallest absolute Gasteiger partial charge is 0.0286 e. The average Bonchev–Trinajstić information content (AvgIpc) is 2.61. The maximum atomic E-state index is 3.50. The lowest BCUT2D eigenvalue weighted by atomic mass is 10.1. The molecule has 0 saturated carbocycles. The summed E-state index contributed by atoms with van der Waals surface area (Å²) in [7, 11) is 0. The molecule has 2 heteroatoms. The van der Waals surface area contributed by atoms with E-state index in [1.165, 1.54) is 16.9 Å². The van der Waals surface area contributed by atoms with E-state index in [1.54, 1.807) is 0 Å². The minimum absolute atomic E-state index is 0.609. The third-order valence-electron chi connectivity index (χ3n) is 2.76. The van der Waals surface area contributed by atoms with Gasteiger partial charge in [-0.25, -0.2) is 0 Å². The zero-order chi connectivity index (χ0) is 9.97. The van der Waals surface area contributed by atoms with E-state index in [0.29, 0.717) is 11.3 Å². The highest BCUT2D eigenvalue weighted by Crippen LogP contribution is 2.38. The Morgan fingerprint density at radius 2 is 2.29 bits per heavy atom. The van der Waals surface area contributed by atoms with Crippen molar-refractivity contribution < 1.29 is 0 Å². The molecule has 0 bridgehead atoms. The fraction of sp³-hybridized carbons (Fsp3) is 0.500. The molecule has 1 aromatic carbocycles. The second kappa shape index (κ2) is 4.37. The second-order valence-electron chi connectivity index (χ2n) is 3.81. The number of hydrogen-bond acceptors (Lipinski definition) is 2. The lowest BCUT2D eigenvalue weighted by Gasteiger charge is -2.18. The molecule has 1 aliphatic rings. The number of thioether (sulfide) groups is 1. The van der Waals surface area contributed by atoms with Gasteiger partial charge in [-0.05, 0) is 31.5 Å². The molecule has 0 aliphatic carbocycles. The van der Waals surface area contributed by atoms with Gasteiger partial charge >= 0.3 is 0 Å². The van der Waals surface area contributed by atoms with E-state index in [1.807, 2.05) is 11.8 Å². The molecular formula is C12H17NS. The molecule has 2 atom stereocenters. The second-order valence-corrected chi connectivity index (χ2v) is 5.10. The fourth-order valence-corrected chi connectivity index (χ4v) is 3.29. The zero-order valence-corrected chi connectivity index (χ0v) is 9.60. The zero-order valence-electron chi connectivity index (χ0n) is 8.79. The van der Waals surface area contributed by atoms with Crippen LogP contribution in [0.5, 0.6) is 0 Å². The van der Waals surface area contributed by atoms with Crippen LogP contribution in [0.25, 0.3) is 0 Å². The van der Waals surface area contributed by atoms with E-state index >= 15 is 0 Å². The third kappa shape index (κ3) is 1.96. The van der Waals surface area contributed by atoms with E-state index < -0.39 is 0 Å². The van der Waals surface area contributed by atoms with Crippen LogP contribution in [0.3, 0.4) is 0 Å². The Morgan fingerprint density at radius 3 is 3.00 bits per heavy atom. The molecule has 0 spiro atoms. The first-order chi connectivity index (χ1) is 6.81. The quantitative estimate of drug-likeness (QED) is 0.818. The van der Waals surface area contributed by atoms with Crippen molar-refractivity contribution in [3.8, 4) is 0 Å². The summed E-state index contributed by atoms with van der Waals surface area (Å²) in [6.45, 7) is 5.52. The van der Waals surface area contributed by atoms with E-state index in [4.69, 9.17) is 0 Å². The van der Waals surface area contributed by atoms with Crippen LogP contribution in [-0.2, 0) is 6.42 Å². The van der Waals surface area contributed by atoms with Gasteiger partial charge in [-0.15, -0.1) is 11.8 Å². The molecule has 1 aliphatic heterocycles. The maximum Gasteiger partial charge on any atom is 0.0286 e. The van der Waals surface area contributed by atoms with Crippen molar-refractivity contribution in [3.63, 3.8) is 0 Å². The summed E-state index contributed by atoms with van der Waals surface area (Å²) in [6.07, 6.45) is 1.22. The van der Waals surface area contributed by atoms with Crippen LogP contribution in [0, 0.1) is 0 Å². The highest BCUT2D eigenvalue weighted by Gasteiger charge is 2.25. The van der Waals surface area contributed by atoms with Crippen LogP contribution in [0.1, 0.15) is 19.4 Å². The maximum absolute atomic E-state index is 3.50. The molecule has 0 radical (unpaired) electrons. The minimum Gasteiger partial charge on any atom is -0.313 e. The molecular weight excluding hydrogens is 190 g/mol. The summed E-state index contributed by atoms with van der Waals surface area (Å²) in [5.41, 5.74) is 1.52. The Kier molecular flexibility index (Phi) is 3.14. The van der Waals surface area contributed by atoms with E-state index in [9.17, 15) is 0 Å². The monoisotopic (exact) mass is 207 g/mol.